The molecule has 0 saturated carbocycles. The van der Waals surface area contributed by atoms with Crippen LogP contribution in [0.4, 0.5) is 0 Å². The van der Waals surface area contributed by atoms with Crippen molar-refractivity contribution in [2.24, 2.45) is 0 Å². The third kappa shape index (κ3) is 5.27. The number of esters is 1. The van der Waals surface area contributed by atoms with E-state index in [1.54, 1.807) is 24.3 Å². The van der Waals surface area contributed by atoms with Gasteiger partial charge >= 0.3 is 11.6 Å². The maximum atomic E-state index is 12.1. The highest BCUT2D eigenvalue weighted by molar-refractivity contribution is 6.30. The van der Waals surface area contributed by atoms with Crippen LogP contribution in [0.3, 0.4) is 0 Å². The lowest BCUT2D eigenvalue weighted by molar-refractivity contribution is -0.145. The van der Waals surface area contributed by atoms with Gasteiger partial charge in [-0.2, -0.15) is 0 Å². The Labute approximate surface area is 178 Å². The molecule has 1 amide bonds. The van der Waals surface area contributed by atoms with E-state index in [2.05, 4.69) is 5.32 Å². The summed E-state index contributed by atoms with van der Waals surface area (Å²) in [5, 5.41) is 4.06. The summed E-state index contributed by atoms with van der Waals surface area (Å²) in [6, 6.07) is 11.7. The summed E-state index contributed by atoms with van der Waals surface area (Å²) in [5.41, 5.74) is 3.04. The summed E-state index contributed by atoms with van der Waals surface area (Å²) in [6.07, 6.45) is 0.590. The first-order chi connectivity index (χ1) is 14.3. The second-order valence-electron chi connectivity index (χ2n) is 7.00. The number of fused-ring (bicyclic) bond motifs is 1. The van der Waals surface area contributed by atoms with E-state index in [4.69, 9.17) is 20.8 Å². The summed E-state index contributed by atoms with van der Waals surface area (Å²) >= 11 is 5.80. The van der Waals surface area contributed by atoms with Crippen molar-refractivity contribution in [2.75, 3.05) is 6.54 Å². The molecule has 1 aromatic heterocycles. The van der Waals surface area contributed by atoms with Crippen LogP contribution in [0.25, 0.3) is 11.0 Å². The van der Waals surface area contributed by atoms with Gasteiger partial charge in [-0.05, 0) is 55.7 Å². The van der Waals surface area contributed by atoms with E-state index in [1.807, 2.05) is 26.0 Å². The monoisotopic (exact) mass is 427 g/mol. The number of nitrogens with one attached hydrogen (secondary N) is 1. The molecule has 1 N–H and O–H groups in total. The lowest BCUT2D eigenvalue weighted by Gasteiger charge is -2.10. The van der Waals surface area contributed by atoms with Crippen LogP contribution in [0.1, 0.15) is 39.9 Å². The number of halogens is 1. The number of hydrogen-bond acceptors (Lipinski definition) is 5. The Morgan fingerprint density at radius 3 is 2.57 bits per heavy atom. The molecule has 1 heterocycles. The van der Waals surface area contributed by atoms with Crippen LogP contribution < -0.4 is 10.9 Å². The molecular weight excluding hydrogens is 406 g/mol. The number of rotatable bonds is 7. The van der Waals surface area contributed by atoms with Gasteiger partial charge in [-0.3, -0.25) is 9.59 Å². The zero-order chi connectivity index (χ0) is 21.7. The van der Waals surface area contributed by atoms with Crippen LogP contribution in [0.5, 0.6) is 0 Å². The number of benzene rings is 2. The van der Waals surface area contributed by atoms with Crippen molar-refractivity contribution in [1.29, 1.82) is 0 Å². The highest BCUT2D eigenvalue weighted by Gasteiger charge is 2.12. The minimum absolute atomic E-state index is 0.0133. The number of carbonyl (C=O) groups is 2. The summed E-state index contributed by atoms with van der Waals surface area (Å²) in [6.45, 7) is 4.15. The summed E-state index contributed by atoms with van der Waals surface area (Å²) < 4.78 is 10.6. The Kier molecular flexibility index (Phi) is 6.90. The Bertz CT molecular complexity index is 1130. The molecule has 0 aliphatic rings. The average Bonchev–Trinajstić information content (AvgIpc) is 2.72. The van der Waals surface area contributed by atoms with Gasteiger partial charge in [0.05, 0.1) is 0 Å². The summed E-state index contributed by atoms with van der Waals surface area (Å²) in [5.74, 6) is -0.630. The van der Waals surface area contributed by atoms with E-state index in [0.29, 0.717) is 34.7 Å². The highest BCUT2D eigenvalue weighted by atomic mass is 35.5. The minimum Gasteiger partial charge on any atom is -0.461 e. The van der Waals surface area contributed by atoms with E-state index in [1.165, 1.54) is 6.07 Å². The minimum atomic E-state index is -0.479. The highest BCUT2D eigenvalue weighted by Crippen LogP contribution is 2.23. The fourth-order valence-corrected chi connectivity index (χ4v) is 3.14. The van der Waals surface area contributed by atoms with Crippen LogP contribution in [0.2, 0.25) is 5.02 Å². The third-order valence-electron chi connectivity index (χ3n) is 4.86. The maximum Gasteiger partial charge on any atom is 0.336 e. The predicted octanol–water partition coefficient (Wildman–Crippen LogP) is 4.32. The Morgan fingerprint density at radius 2 is 1.83 bits per heavy atom. The lowest BCUT2D eigenvalue weighted by atomic mass is 10.0. The zero-order valence-electron chi connectivity index (χ0n) is 16.8. The molecule has 7 heteroatoms. The molecule has 0 bridgehead atoms. The van der Waals surface area contributed by atoms with Crippen molar-refractivity contribution in [3.8, 4) is 0 Å². The fourth-order valence-electron chi connectivity index (χ4n) is 3.01. The quantitative estimate of drug-likeness (QED) is 0.345. The fraction of sp³-hybridized carbons (Fsp3) is 0.261. The Morgan fingerprint density at radius 1 is 1.10 bits per heavy atom. The van der Waals surface area contributed by atoms with E-state index in [9.17, 15) is 14.4 Å². The maximum absolute atomic E-state index is 12.1. The Hall–Kier alpha value is -3.12. The van der Waals surface area contributed by atoms with Gasteiger partial charge in [-0.25, -0.2) is 4.79 Å². The van der Waals surface area contributed by atoms with Crippen molar-refractivity contribution < 1.29 is 18.7 Å². The molecule has 3 rings (SSSR count). The first kappa shape index (κ1) is 21.6. The molecule has 156 valence electrons. The standard InChI is InChI=1S/C23H22ClNO5/c1-14-5-10-19-17(12-21(27)30-22(19)15(14)2)13-29-20(26)4-3-11-25-23(28)16-6-8-18(24)9-7-16/h5-10,12H,3-4,11,13H2,1-2H3,(H,25,28). The zero-order valence-corrected chi connectivity index (χ0v) is 17.5. The lowest BCUT2D eigenvalue weighted by Crippen LogP contribution is -2.25. The van der Waals surface area contributed by atoms with Crippen molar-refractivity contribution in [3.63, 3.8) is 0 Å². The van der Waals surface area contributed by atoms with Gasteiger partial charge in [0.2, 0.25) is 0 Å². The average molecular weight is 428 g/mol. The van der Waals surface area contributed by atoms with Crippen molar-refractivity contribution in [1.82, 2.24) is 5.32 Å². The molecular formula is C23H22ClNO5. The second-order valence-corrected chi connectivity index (χ2v) is 7.44. The molecule has 0 radical (unpaired) electrons. The van der Waals surface area contributed by atoms with Crippen LogP contribution in [0.15, 0.2) is 51.7 Å². The van der Waals surface area contributed by atoms with Crippen LogP contribution >= 0.6 is 11.6 Å². The molecule has 0 fully saturated rings. The molecule has 0 spiro atoms. The topological polar surface area (TPSA) is 85.6 Å². The molecule has 6 nitrogen and oxygen atoms in total. The number of ether oxygens (including phenoxy) is 1. The van der Waals surface area contributed by atoms with Crippen LogP contribution in [-0.4, -0.2) is 18.4 Å². The molecule has 0 saturated heterocycles. The predicted molar refractivity (Wildman–Crippen MR) is 115 cm³/mol. The van der Waals surface area contributed by atoms with E-state index in [-0.39, 0.29) is 18.9 Å². The van der Waals surface area contributed by atoms with Crippen molar-refractivity contribution in [3.05, 3.63) is 80.2 Å². The number of hydrogen-bond donors (Lipinski definition) is 1. The van der Waals surface area contributed by atoms with Gasteiger partial charge in [0.15, 0.2) is 0 Å². The Balaban J connectivity index is 1.50. The molecule has 0 aliphatic heterocycles. The largest absolute Gasteiger partial charge is 0.461 e. The first-order valence-corrected chi connectivity index (χ1v) is 9.95. The number of carbonyl (C=O) groups excluding carboxylic acids is 2. The van der Waals surface area contributed by atoms with Gasteiger partial charge in [-0.1, -0.05) is 23.7 Å². The summed E-state index contributed by atoms with van der Waals surface area (Å²) in [7, 11) is 0. The molecule has 0 aliphatic carbocycles. The second kappa shape index (κ2) is 9.59. The molecule has 0 atom stereocenters. The van der Waals surface area contributed by atoms with E-state index < -0.39 is 11.6 Å². The number of amides is 1. The van der Waals surface area contributed by atoms with Crippen LogP contribution in [0, 0.1) is 13.8 Å². The van der Waals surface area contributed by atoms with Gasteiger partial charge in [0.25, 0.3) is 5.91 Å². The SMILES string of the molecule is Cc1ccc2c(COC(=O)CCCNC(=O)c3ccc(Cl)cc3)cc(=O)oc2c1C. The van der Waals surface area contributed by atoms with Gasteiger partial charge in [0.1, 0.15) is 12.2 Å². The molecule has 3 aromatic rings. The van der Waals surface area contributed by atoms with E-state index in [0.717, 1.165) is 16.5 Å². The molecule has 0 unspecified atom stereocenters. The number of aryl methyl sites for hydroxylation is 2. The van der Waals surface area contributed by atoms with Crippen molar-refractivity contribution >= 4 is 34.4 Å². The van der Waals surface area contributed by atoms with Gasteiger partial charge < -0.3 is 14.5 Å². The molecule has 2 aromatic carbocycles. The smallest absolute Gasteiger partial charge is 0.336 e. The molecule has 30 heavy (non-hydrogen) atoms. The van der Waals surface area contributed by atoms with Crippen molar-refractivity contribution in [2.45, 2.75) is 33.3 Å². The third-order valence-corrected chi connectivity index (χ3v) is 5.11. The van der Waals surface area contributed by atoms with Crippen LogP contribution in [-0.2, 0) is 16.1 Å². The first-order valence-electron chi connectivity index (χ1n) is 9.57. The van der Waals surface area contributed by atoms with Gasteiger partial charge in [0, 0.05) is 40.6 Å². The normalized spacial score (nSPS) is 10.8. The van der Waals surface area contributed by atoms with Gasteiger partial charge in [-0.15, -0.1) is 0 Å². The van der Waals surface area contributed by atoms with E-state index >= 15 is 0 Å². The summed E-state index contributed by atoms with van der Waals surface area (Å²) in [4.78, 5) is 35.9.